The summed E-state index contributed by atoms with van der Waals surface area (Å²) < 4.78 is 6.92. The van der Waals surface area contributed by atoms with Crippen LogP contribution in [0.5, 0.6) is 5.75 Å². The van der Waals surface area contributed by atoms with E-state index in [0.29, 0.717) is 24.3 Å². The van der Waals surface area contributed by atoms with Gasteiger partial charge in [0, 0.05) is 18.3 Å². The van der Waals surface area contributed by atoms with Crippen molar-refractivity contribution >= 4 is 11.8 Å². The molecule has 1 heterocycles. The summed E-state index contributed by atoms with van der Waals surface area (Å²) in [5.74, 6) is 0.126. The zero-order valence-electron chi connectivity index (χ0n) is 18.0. The molecule has 0 fully saturated rings. The van der Waals surface area contributed by atoms with E-state index in [9.17, 15) is 9.59 Å². The summed E-state index contributed by atoms with van der Waals surface area (Å²) in [6, 6.07) is 16.0. The van der Waals surface area contributed by atoms with E-state index in [4.69, 9.17) is 4.74 Å². The second-order valence-electron chi connectivity index (χ2n) is 7.59. The SMILES string of the molecule is COc1ccc(C(=O)NC(C(=O)NCCc2cnn(-c3ccccc3)c2)C(C)C)cc1. The standard InChI is InChI=1S/C24H28N4O3/c1-17(2)22(27-23(29)19-9-11-21(31-3)12-10-19)24(30)25-14-13-18-15-26-28(16-18)20-7-5-4-6-8-20/h4-12,15-17,22H,13-14H2,1-3H3,(H,25,30)(H,27,29). The maximum atomic E-state index is 12.7. The van der Waals surface area contributed by atoms with E-state index < -0.39 is 6.04 Å². The Bertz CT molecular complexity index is 997. The summed E-state index contributed by atoms with van der Waals surface area (Å²) >= 11 is 0. The van der Waals surface area contributed by atoms with Crippen LogP contribution in [0.25, 0.3) is 5.69 Å². The largest absolute Gasteiger partial charge is 0.497 e. The Hall–Kier alpha value is -3.61. The fourth-order valence-corrected chi connectivity index (χ4v) is 3.15. The van der Waals surface area contributed by atoms with Gasteiger partial charge in [0.1, 0.15) is 11.8 Å². The summed E-state index contributed by atoms with van der Waals surface area (Å²) in [4.78, 5) is 25.3. The first-order valence-corrected chi connectivity index (χ1v) is 10.3. The second-order valence-corrected chi connectivity index (χ2v) is 7.59. The molecule has 3 aromatic rings. The van der Waals surface area contributed by atoms with Crippen LogP contribution in [0, 0.1) is 5.92 Å². The van der Waals surface area contributed by atoms with Crippen molar-refractivity contribution in [1.82, 2.24) is 20.4 Å². The van der Waals surface area contributed by atoms with Gasteiger partial charge in [0.25, 0.3) is 5.91 Å². The molecule has 0 aliphatic carbocycles. The van der Waals surface area contributed by atoms with Gasteiger partial charge in [-0.15, -0.1) is 0 Å². The topological polar surface area (TPSA) is 85.2 Å². The summed E-state index contributed by atoms with van der Waals surface area (Å²) in [5.41, 5.74) is 2.49. The fraction of sp³-hybridized carbons (Fsp3) is 0.292. The Morgan fingerprint density at radius 3 is 2.42 bits per heavy atom. The van der Waals surface area contributed by atoms with Crippen molar-refractivity contribution in [1.29, 1.82) is 0 Å². The lowest BCUT2D eigenvalue weighted by molar-refractivity contribution is -0.123. The smallest absolute Gasteiger partial charge is 0.251 e. The number of hydrogen-bond acceptors (Lipinski definition) is 4. The van der Waals surface area contributed by atoms with Crippen LogP contribution in [0.2, 0.25) is 0 Å². The summed E-state index contributed by atoms with van der Waals surface area (Å²) in [6.07, 6.45) is 4.40. The van der Waals surface area contributed by atoms with E-state index in [-0.39, 0.29) is 17.7 Å². The van der Waals surface area contributed by atoms with E-state index in [1.54, 1.807) is 37.6 Å². The highest BCUT2D eigenvalue weighted by Crippen LogP contribution is 2.12. The maximum absolute atomic E-state index is 12.7. The monoisotopic (exact) mass is 420 g/mol. The Labute approximate surface area is 182 Å². The Balaban J connectivity index is 1.53. The van der Waals surface area contributed by atoms with Crippen LogP contribution in [0.3, 0.4) is 0 Å². The van der Waals surface area contributed by atoms with Crippen LogP contribution in [-0.4, -0.2) is 41.3 Å². The number of carbonyl (C=O) groups excluding carboxylic acids is 2. The lowest BCUT2D eigenvalue weighted by atomic mass is 10.0. The molecule has 0 aliphatic rings. The third-order valence-corrected chi connectivity index (χ3v) is 4.96. The number of nitrogens with one attached hydrogen (secondary N) is 2. The molecule has 3 rings (SSSR count). The third-order valence-electron chi connectivity index (χ3n) is 4.96. The van der Waals surface area contributed by atoms with Gasteiger partial charge in [0.15, 0.2) is 0 Å². The highest BCUT2D eigenvalue weighted by molar-refractivity contribution is 5.97. The van der Waals surface area contributed by atoms with E-state index in [0.717, 1.165) is 11.3 Å². The minimum Gasteiger partial charge on any atom is -0.497 e. The van der Waals surface area contributed by atoms with E-state index >= 15 is 0 Å². The number of carbonyl (C=O) groups is 2. The van der Waals surface area contributed by atoms with Crippen molar-refractivity contribution in [2.24, 2.45) is 5.92 Å². The summed E-state index contributed by atoms with van der Waals surface area (Å²) in [6.45, 7) is 4.27. The molecule has 0 saturated carbocycles. The number of aromatic nitrogens is 2. The van der Waals surface area contributed by atoms with Crippen molar-refractivity contribution in [3.05, 3.63) is 78.1 Å². The number of ether oxygens (including phenoxy) is 1. The number of methoxy groups -OCH3 is 1. The van der Waals surface area contributed by atoms with Crippen molar-refractivity contribution in [3.63, 3.8) is 0 Å². The molecule has 0 bridgehead atoms. The van der Waals surface area contributed by atoms with E-state index in [2.05, 4.69) is 15.7 Å². The van der Waals surface area contributed by atoms with Crippen LogP contribution in [0.1, 0.15) is 29.8 Å². The lowest BCUT2D eigenvalue weighted by Gasteiger charge is -2.21. The van der Waals surface area contributed by atoms with Gasteiger partial charge in [-0.3, -0.25) is 9.59 Å². The molecule has 0 aliphatic heterocycles. The molecule has 1 atom stereocenters. The predicted molar refractivity (Wildman–Crippen MR) is 119 cm³/mol. The Morgan fingerprint density at radius 2 is 1.77 bits per heavy atom. The zero-order valence-corrected chi connectivity index (χ0v) is 18.0. The predicted octanol–water partition coefficient (Wildman–Crippen LogP) is 2.99. The van der Waals surface area contributed by atoms with Crippen molar-refractivity contribution in [2.75, 3.05) is 13.7 Å². The second kappa shape index (κ2) is 10.4. The van der Waals surface area contributed by atoms with E-state index in [1.807, 2.05) is 55.1 Å². The highest BCUT2D eigenvalue weighted by Gasteiger charge is 2.24. The summed E-state index contributed by atoms with van der Waals surface area (Å²) in [5, 5.41) is 10.1. The molecular formula is C24H28N4O3. The number of hydrogen-bond donors (Lipinski definition) is 2. The van der Waals surface area contributed by atoms with Gasteiger partial charge in [0.2, 0.25) is 5.91 Å². The van der Waals surface area contributed by atoms with Gasteiger partial charge in [-0.05, 0) is 54.3 Å². The highest BCUT2D eigenvalue weighted by atomic mass is 16.5. The van der Waals surface area contributed by atoms with Crippen LogP contribution in [0.15, 0.2) is 67.0 Å². The molecule has 0 radical (unpaired) electrons. The normalized spacial score (nSPS) is 11.7. The van der Waals surface area contributed by atoms with Crippen LogP contribution in [-0.2, 0) is 11.2 Å². The molecule has 7 nitrogen and oxygen atoms in total. The number of para-hydroxylation sites is 1. The first-order chi connectivity index (χ1) is 15.0. The van der Waals surface area contributed by atoms with Crippen molar-refractivity contribution in [3.8, 4) is 11.4 Å². The first-order valence-electron chi connectivity index (χ1n) is 10.3. The number of benzene rings is 2. The first kappa shape index (κ1) is 22.1. The molecule has 0 spiro atoms. The maximum Gasteiger partial charge on any atom is 0.251 e. The molecular weight excluding hydrogens is 392 g/mol. The zero-order chi connectivity index (χ0) is 22.2. The Morgan fingerprint density at radius 1 is 1.06 bits per heavy atom. The average molecular weight is 421 g/mol. The van der Waals surface area contributed by atoms with E-state index in [1.165, 1.54) is 0 Å². The Kier molecular flexibility index (Phi) is 7.43. The van der Waals surface area contributed by atoms with Gasteiger partial charge in [-0.2, -0.15) is 5.10 Å². The van der Waals surface area contributed by atoms with Crippen LogP contribution in [0.4, 0.5) is 0 Å². The molecule has 31 heavy (non-hydrogen) atoms. The lowest BCUT2D eigenvalue weighted by Crippen LogP contribution is -2.50. The minimum atomic E-state index is -0.623. The molecule has 0 saturated heterocycles. The van der Waals surface area contributed by atoms with Gasteiger partial charge in [-0.25, -0.2) is 4.68 Å². The molecule has 7 heteroatoms. The molecule has 162 valence electrons. The van der Waals surface area contributed by atoms with Crippen LogP contribution < -0.4 is 15.4 Å². The molecule has 1 aromatic heterocycles. The van der Waals surface area contributed by atoms with Gasteiger partial charge < -0.3 is 15.4 Å². The van der Waals surface area contributed by atoms with Crippen molar-refractivity contribution < 1.29 is 14.3 Å². The van der Waals surface area contributed by atoms with Gasteiger partial charge in [-0.1, -0.05) is 32.0 Å². The quantitative estimate of drug-likeness (QED) is 0.557. The average Bonchev–Trinajstić information content (AvgIpc) is 3.26. The number of rotatable bonds is 9. The molecule has 2 N–H and O–H groups in total. The fourth-order valence-electron chi connectivity index (χ4n) is 3.15. The molecule has 2 aromatic carbocycles. The van der Waals surface area contributed by atoms with Crippen molar-refractivity contribution in [2.45, 2.75) is 26.3 Å². The summed E-state index contributed by atoms with van der Waals surface area (Å²) in [7, 11) is 1.57. The molecule has 1 unspecified atom stereocenters. The van der Waals surface area contributed by atoms with Gasteiger partial charge in [0.05, 0.1) is 19.0 Å². The van der Waals surface area contributed by atoms with Crippen LogP contribution >= 0.6 is 0 Å². The van der Waals surface area contributed by atoms with Gasteiger partial charge >= 0.3 is 0 Å². The number of amides is 2. The minimum absolute atomic E-state index is 0.0528. The number of nitrogens with zero attached hydrogens (tertiary/aromatic N) is 2. The molecule has 2 amide bonds. The third kappa shape index (κ3) is 5.94.